The molecule has 3 aromatic carbocycles. The molecule has 168 valence electrons. The number of carbonyl (C=O) groups excluding carboxylic acids is 1. The first kappa shape index (κ1) is 23.6. The molecule has 0 atom stereocenters. The number of esters is 1. The maximum Gasteiger partial charge on any atom is 0.344 e. The number of halogens is 1. The highest BCUT2D eigenvalue weighted by molar-refractivity contribution is 14.1. The van der Waals surface area contributed by atoms with E-state index in [2.05, 4.69) is 10.5 Å². The molecular weight excluding hydrogens is 547 g/mol. The third kappa shape index (κ3) is 5.79. The Morgan fingerprint density at radius 1 is 1.03 bits per heavy atom. The summed E-state index contributed by atoms with van der Waals surface area (Å²) in [5, 5.41) is 26.0. The number of anilines is 1. The molecule has 0 aliphatic heterocycles. The van der Waals surface area contributed by atoms with Crippen molar-refractivity contribution < 1.29 is 24.1 Å². The van der Waals surface area contributed by atoms with Gasteiger partial charge in [-0.3, -0.25) is 25.7 Å². The third-order valence-electron chi connectivity index (χ3n) is 4.27. The van der Waals surface area contributed by atoms with E-state index in [-0.39, 0.29) is 17.2 Å². The molecule has 0 amide bonds. The van der Waals surface area contributed by atoms with Gasteiger partial charge in [-0.15, -0.1) is 0 Å². The van der Waals surface area contributed by atoms with E-state index in [1.165, 1.54) is 25.5 Å². The molecule has 3 aromatic rings. The number of hydrazone groups is 1. The van der Waals surface area contributed by atoms with Gasteiger partial charge in [0.1, 0.15) is 5.69 Å². The van der Waals surface area contributed by atoms with Crippen molar-refractivity contribution in [3.8, 4) is 11.5 Å². The summed E-state index contributed by atoms with van der Waals surface area (Å²) in [7, 11) is 1.42. The Bertz CT molecular complexity index is 1260. The predicted molar refractivity (Wildman–Crippen MR) is 128 cm³/mol. The summed E-state index contributed by atoms with van der Waals surface area (Å²) in [5.41, 5.74) is 2.54. The molecule has 0 bridgehead atoms. The number of nitro benzene ring substituents is 2. The Morgan fingerprint density at radius 3 is 2.45 bits per heavy atom. The van der Waals surface area contributed by atoms with E-state index >= 15 is 0 Å². The van der Waals surface area contributed by atoms with Crippen LogP contribution in [0.1, 0.15) is 15.9 Å². The van der Waals surface area contributed by atoms with Gasteiger partial charge in [0.2, 0.25) is 0 Å². The fourth-order valence-electron chi connectivity index (χ4n) is 2.69. The lowest BCUT2D eigenvalue weighted by Crippen LogP contribution is -2.11. The monoisotopic (exact) mass is 562 g/mol. The normalized spacial score (nSPS) is 10.6. The van der Waals surface area contributed by atoms with E-state index < -0.39 is 27.2 Å². The number of hydrogen-bond donors (Lipinski definition) is 1. The topological polar surface area (TPSA) is 146 Å². The second-order valence-electron chi connectivity index (χ2n) is 6.37. The van der Waals surface area contributed by atoms with Crippen molar-refractivity contribution in [1.82, 2.24) is 0 Å². The Morgan fingerprint density at radius 2 is 1.79 bits per heavy atom. The first-order valence-corrected chi connectivity index (χ1v) is 10.2. The van der Waals surface area contributed by atoms with E-state index in [9.17, 15) is 25.0 Å². The van der Waals surface area contributed by atoms with Crippen LogP contribution < -0.4 is 14.9 Å². The molecule has 0 unspecified atom stereocenters. The number of methoxy groups -OCH3 is 1. The van der Waals surface area contributed by atoms with Crippen LogP contribution in [0, 0.1) is 23.8 Å². The molecule has 12 heteroatoms. The summed E-state index contributed by atoms with van der Waals surface area (Å²) in [4.78, 5) is 33.0. The van der Waals surface area contributed by atoms with Crippen LogP contribution in [0.5, 0.6) is 11.5 Å². The minimum Gasteiger partial charge on any atom is -0.493 e. The molecule has 11 nitrogen and oxygen atoms in total. The smallest absolute Gasteiger partial charge is 0.344 e. The zero-order chi connectivity index (χ0) is 24.0. The van der Waals surface area contributed by atoms with Crippen LogP contribution in [0.4, 0.5) is 17.1 Å². The van der Waals surface area contributed by atoms with Crippen molar-refractivity contribution in [2.24, 2.45) is 5.10 Å². The van der Waals surface area contributed by atoms with Crippen molar-refractivity contribution >= 4 is 51.8 Å². The highest BCUT2D eigenvalue weighted by atomic mass is 127. The van der Waals surface area contributed by atoms with Crippen LogP contribution in [-0.2, 0) is 0 Å². The maximum atomic E-state index is 12.5. The molecule has 0 aromatic heterocycles. The molecule has 0 saturated heterocycles. The maximum absolute atomic E-state index is 12.5. The average Bonchev–Trinajstić information content (AvgIpc) is 2.80. The molecule has 1 N–H and O–H groups in total. The van der Waals surface area contributed by atoms with Crippen molar-refractivity contribution in [3.63, 3.8) is 0 Å². The van der Waals surface area contributed by atoms with Crippen molar-refractivity contribution in [2.75, 3.05) is 12.5 Å². The van der Waals surface area contributed by atoms with Gasteiger partial charge in [-0.1, -0.05) is 12.1 Å². The minimum atomic E-state index is -0.745. The van der Waals surface area contributed by atoms with Gasteiger partial charge < -0.3 is 9.47 Å². The largest absolute Gasteiger partial charge is 0.493 e. The van der Waals surface area contributed by atoms with Crippen LogP contribution in [0.25, 0.3) is 0 Å². The summed E-state index contributed by atoms with van der Waals surface area (Å²) in [5.74, 6) is -0.0512. The number of non-ortho nitro benzene ring substituents is 1. The van der Waals surface area contributed by atoms with Gasteiger partial charge in [0.05, 0.1) is 34.8 Å². The molecule has 3 rings (SSSR count). The molecule has 0 spiro atoms. The van der Waals surface area contributed by atoms with Crippen LogP contribution >= 0.6 is 22.6 Å². The first-order chi connectivity index (χ1) is 15.8. The lowest BCUT2D eigenvalue weighted by molar-refractivity contribution is -0.393. The SMILES string of the molecule is COc1cc(/C=N/Nc2ccc([N+](=O)[O-])cc2[N+](=O)[O-])ccc1OC(=O)c1ccccc1I. The summed E-state index contributed by atoms with van der Waals surface area (Å²) in [6, 6.07) is 14.9. The van der Waals surface area contributed by atoms with Gasteiger partial charge in [-0.25, -0.2) is 4.79 Å². The van der Waals surface area contributed by atoms with Crippen LogP contribution in [0.3, 0.4) is 0 Å². The molecule has 0 heterocycles. The Hall–Kier alpha value is -4.07. The molecule has 33 heavy (non-hydrogen) atoms. The van der Waals surface area contributed by atoms with E-state index in [4.69, 9.17) is 9.47 Å². The highest BCUT2D eigenvalue weighted by Gasteiger charge is 2.19. The van der Waals surface area contributed by atoms with Crippen molar-refractivity contribution in [1.29, 1.82) is 0 Å². The van der Waals surface area contributed by atoms with Gasteiger partial charge in [-0.2, -0.15) is 5.10 Å². The van der Waals surface area contributed by atoms with E-state index in [1.807, 2.05) is 28.7 Å². The van der Waals surface area contributed by atoms with Gasteiger partial charge in [0.25, 0.3) is 5.69 Å². The first-order valence-electron chi connectivity index (χ1n) is 9.17. The lowest BCUT2D eigenvalue weighted by atomic mass is 10.2. The van der Waals surface area contributed by atoms with Crippen LogP contribution in [0.2, 0.25) is 0 Å². The second kappa shape index (κ2) is 10.5. The summed E-state index contributed by atoms with van der Waals surface area (Å²) in [6.07, 6.45) is 1.36. The fraction of sp³-hybridized carbons (Fsp3) is 0.0476. The van der Waals surface area contributed by atoms with Gasteiger partial charge in [0.15, 0.2) is 11.5 Å². The van der Waals surface area contributed by atoms with Crippen molar-refractivity contribution in [2.45, 2.75) is 0 Å². The molecule has 0 saturated carbocycles. The van der Waals surface area contributed by atoms with Gasteiger partial charge in [-0.05, 0) is 64.6 Å². The summed E-state index contributed by atoms with van der Waals surface area (Å²) >= 11 is 2.04. The number of ether oxygens (including phenoxy) is 2. The summed E-state index contributed by atoms with van der Waals surface area (Å²) < 4.78 is 11.5. The zero-order valence-electron chi connectivity index (χ0n) is 16.9. The predicted octanol–water partition coefficient (Wildman–Crippen LogP) is 4.78. The number of hydrogen-bond acceptors (Lipinski definition) is 9. The number of nitrogens with one attached hydrogen (secondary N) is 1. The Labute approximate surface area is 200 Å². The molecular formula is C21H15IN4O7. The Balaban J connectivity index is 1.76. The number of nitro groups is 2. The van der Waals surface area contributed by atoms with Gasteiger partial charge >= 0.3 is 11.7 Å². The quantitative estimate of drug-likeness (QED) is 0.103. The highest BCUT2D eigenvalue weighted by Crippen LogP contribution is 2.30. The van der Waals surface area contributed by atoms with E-state index in [0.717, 1.165) is 15.7 Å². The second-order valence-corrected chi connectivity index (χ2v) is 7.53. The van der Waals surface area contributed by atoms with Crippen molar-refractivity contribution in [3.05, 3.63) is 95.6 Å². The standard InChI is InChI=1S/C21H15IN4O7/c1-32-20-10-13(6-9-19(20)33-21(27)15-4-2-3-5-16(15)22)12-23-24-17-8-7-14(25(28)29)11-18(17)26(30)31/h2-12,24H,1H3/b23-12+. The van der Waals surface area contributed by atoms with E-state index in [1.54, 1.807) is 30.3 Å². The fourth-order valence-corrected chi connectivity index (χ4v) is 3.29. The molecule has 0 fully saturated rings. The lowest BCUT2D eigenvalue weighted by Gasteiger charge is -2.10. The average molecular weight is 562 g/mol. The zero-order valence-corrected chi connectivity index (χ0v) is 19.1. The Kier molecular flexibility index (Phi) is 7.50. The molecule has 0 aliphatic carbocycles. The number of nitrogens with zero attached hydrogens (tertiary/aromatic N) is 3. The summed E-state index contributed by atoms with van der Waals surface area (Å²) in [6.45, 7) is 0. The molecule has 0 aliphatic rings. The minimum absolute atomic E-state index is 0.0168. The van der Waals surface area contributed by atoms with Gasteiger partial charge in [0, 0.05) is 9.64 Å². The van der Waals surface area contributed by atoms with Crippen LogP contribution in [0.15, 0.2) is 65.8 Å². The number of rotatable bonds is 8. The molecule has 0 radical (unpaired) electrons. The third-order valence-corrected chi connectivity index (χ3v) is 5.21. The van der Waals surface area contributed by atoms with E-state index in [0.29, 0.717) is 11.1 Å². The number of benzene rings is 3. The number of carbonyl (C=O) groups is 1. The van der Waals surface area contributed by atoms with Crippen LogP contribution in [-0.4, -0.2) is 29.1 Å².